The van der Waals surface area contributed by atoms with Crippen LogP contribution in [0.5, 0.6) is 0 Å². The van der Waals surface area contributed by atoms with Gasteiger partial charge in [0.2, 0.25) is 0 Å². The van der Waals surface area contributed by atoms with Crippen LogP contribution < -0.4 is 5.32 Å². The highest BCUT2D eigenvalue weighted by molar-refractivity contribution is 7.99. The Morgan fingerprint density at radius 2 is 2.15 bits per heavy atom. The van der Waals surface area contributed by atoms with Crippen LogP contribution in [0.2, 0.25) is 0 Å². The Bertz CT molecular complexity index is 587. The lowest BCUT2D eigenvalue weighted by Gasteiger charge is -2.13. The van der Waals surface area contributed by atoms with Gasteiger partial charge in [0.25, 0.3) is 5.91 Å². The van der Waals surface area contributed by atoms with E-state index in [1.54, 1.807) is 24.3 Å². The van der Waals surface area contributed by atoms with Gasteiger partial charge in [-0.2, -0.15) is 5.26 Å². The van der Waals surface area contributed by atoms with Crippen molar-refractivity contribution >= 4 is 23.6 Å². The molecule has 0 aliphatic carbocycles. The minimum atomic E-state index is -1.18. The van der Waals surface area contributed by atoms with Crippen molar-refractivity contribution in [2.24, 2.45) is 0 Å². The third kappa shape index (κ3) is 4.34. The number of hydrogen-bond donors (Lipinski definition) is 2. The van der Waals surface area contributed by atoms with E-state index in [0.29, 0.717) is 10.5 Å². The van der Waals surface area contributed by atoms with Crippen molar-refractivity contribution in [2.75, 3.05) is 5.75 Å². The number of carboxylic acids is 1. The van der Waals surface area contributed by atoms with Crippen molar-refractivity contribution in [3.05, 3.63) is 29.8 Å². The molecule has 0 aliphatic rings. The average molecular weight is 288 g/mol. The van der Waals surface area contributed by atoms with E-state index in [1.165, 1.54) is 11.8 Å². The maximum absolute atomic E-state index is 12.1. The molecule has 1 aromatic carbocycles. The van der Waals surface area contributed by atoms with Crippen LogP contribution in [0.15, 0.2) is 29.2 Å². The van der Waals surface area contributed by atoms with E-state index in [1.807, 2.05) is 6.07 Å². The maximum Gasteiger partial charge on any atom is 0.327 e. The van der Waals surface area contributed by atoms with Gasteiger partial charge in [0.15, 0.2) is 0 Å². The number of rotatable bonds is 6. The first-order valence-electron chi connectivity index (χ1n) is 5.66. The van der Waals surface area contributed by atoms with Crippen LogP contribution in [0.25, 0.3) is 0 Å². The fourth-order valence-electron chi connectivity index (χ4n) is 1.44. The average Bonchev–Trinajstić information content (AvgIpc) is 2.44. The summed E-state index contributed by atoms with van der Waals surface area (Å²) in [4.78, 5) is 23.7. The van der Waals surface area contributed by atoms with E-state index in [2.05, 4.69) is 11.2 Å². The molecule has 1 rings (SSSR count). The Morgan fingerprint density at radius 1 is 1.45 bits per heavy atom. The van der Waals surface area contributed by atoms with Crippen LogP contribution in [0.3, 0.4) is 0 Å². The van der Waals surface area contributed by atoms with Crippen molar-refractivity contribution in [3.63, 3.8) is 0 Å². The summed E-state index contributed by atoms with van der Waals surface area (Å²) in [5.41, 5.74) is 0.330. The number of nitriles is 1. The molecule has 1 unspecified atom stereocenters. The first kappa shape index (κ1) is 15.6. The first-order chi connectivity index (χ1) is 9.60. The molecule has 0 aromatic heterocycles. The Morgan fingerprint density at radius 3 is 2.75 bits per heavy atom. The van der Waals surface area contributed by atoms with Gasteiger partial charge in [-0.15, -0.1) is 24.1 Å². The Balaban J connectivity index is 2.89. The molecule has 0 heterocycles. The van der Waals surface area contributed by atoms with E-state index in [4.69, 9.17) is 16.8 Å². The van der Waals surface area contributed by atoms with Crippen molar-refractivity contribution < 1.29 is 14.7 Å². The van der Waals surface area contributed by atoms with Crippen LogP contribution in [0.4, 0.5) is 0 Å². The van der Waals surface area contributed by atoms with E-state index < -0.39 is 17.9 Å². The second kappa shape index (κ2) is 7.88. The normalized spacial score (nSPS) is 10.9. The zero-order chi connectivity index (χ0) is 15.0. The van der Waals surface area contributed by atoms with Gasteiger partial charge < -0.3 is 10.4 Å². The molecular formula is C14H12N2O3S. The number of amides is 1. The summed E-state index contributed by atoms with van der Waals surface area (Å²) < 4.78 is 0. The lowest BCUT2D eigenvalue weighted by atomic mass is 10.1. The highest BCUT2D eigenvalue weighted by Crippen LogP contribution is 2.22. The fourth-order valence-corrected chi connectivity index (χ4v) is 2.16. The smallest absolute Gasteiger partial charge is 0.327 e. The van der Waals surface area contributed by atoms with Gasteiger partial charge in [-0.1, -0.05) is 12.1 Å². The predicted octanol–water partition coefficient (Wildman–Crippen LogP) is 1.51. The van der Waals surface area contributed by atoms with Crippen LogP contribution in [0.1, 0.15) is 16.8 Å². The number of carbonyl (C=O) groups is 2. The van der Waals surface area contributed by atoms with Gasteiger partial charge in [-0.25, -0.2) is 4.79 Å². The minimum Gasteiger partial charge on any atom is -0.480 e. The highest BCUT2D eigenvalue weighted by Gasteiger charge is 2.21. The summed E-state index contributed by atoms with van der Waals surface area (Å²) in [6, 6.07) is 7.54. The van der Waals surface area contributed by atoms with Gasteiger partial charge in [0.05, 0.1) is 17.4 Å². The second-order valence-electron chi connectivity index (χ2n) is 3.72. The van der Waals surface area contributed by atoms with Crippen molar-refractivity contribution in [1.82, 2.24) is 5.32 Å². The SMILES string of the molecule is C#CCC(NC(=O)c1ccccc1SCC#N)C(=O)O. The van der Waals surface area contributed by atoms with Crippen LogP contribution in [-0.4, -0.2) is 28.8 Å². The number of hydrogen-bond acceptors (Lipinski definition) is 4. The Hall–Kier alpha value is -2.44. The number of carboxylic acid groups (broad SMARTS) is 1. The molecule has 0 bridgehead atoms. The number of carbonyl (C=O) groups excluding carboxylic acids is 1. The monoisotopic (exact) mass is 288 g/mol. The molecule has 0 saturated heterocycles. The first-order valence-corrected chi connectivity index (χ1v) is 6.64. The van der Waals surface area contributed by atoms with Crippen molar-refractivity contribution in [2.45, 2.75) is 17.4 Å². The van der Waals surface area contributed by atoms with E-state index in [0.717, 1.165) is 0 Å². The summed E-state index contributed by atoms with van der Waals surface area (Å²) in [7, 11) is 0. The number of thioether (sulfide) groups is 1. The number of nitrogens with zero attached hydrogens (tertiary/aromatic N) is 1. The van der Waals surface area contributed by atoms with Crippen LogP contribution in [-0.2, 0) is 4.79 Å². The summed E-state index contributed by atoms with van der Waals surface area (Å²) in [5.74, 6) is 0.715. The van der Waals surface area contributed by atoms with E-state index >= 15 is 0 Å². The molecule has 5 nitrogen and oxygen atoms in total. The van der Waals surface area contributed by atoms with E-state index in [9.17, 15) is 9.59 Å². The molecule has 6 heteroatoms. The Kier molecular flexibility index (Phi) is 6.15. The number of terminal acetylenes is 1. The second-order valence-corrected chi connectivity index (χ2v) is 4.73. The molecule has 0 aliphatic heterocycles. The number of nitrogens with one attached hydrogen (secondary N) is 1. The highest BCUT2D eigenvalue weighted by atomic mass is 32.2. The molecule has 20 heavy (non-hydrogen) atoms. The van der Waals surface area contributed by atoms with Gasteiger partial charge in [-0.05, 0) is 12.1 Å². The molecule has 2 N–H and O–H groups in total. The Labute approximate surface area is 121 Å². The molecule has 0 fully saturated rings. The zero-order valence-corrected chi connectivity index (χ0v) is 11.3. The molecular weight excluding hydrogens is 276 g/mol. The van der Waals surface area contributed by atoms with Crippen molar-refractivity contribution in [1.29, 1.82) is 5.26 Å². The number of aliphatic carboxylic acids is 1. The van der Waals surface area contributed by atoms with Crippen LogP contribution >= 0.6 is 11.8 Å². The summed E-state index contributed by atoms with van der Waals surface area (Å²) in [5, 5.41) is 19.9. The topological polar surface area (TPSA) is 90.2 Å². The third-order valence-electron chi connectivity index (χ3n) is 2.35. The molecule has 0 spiro atoms. The van der Waals surface area contributed by atoms with E-state index in [-0.39, 0.29) is 12.2 Å². The molecule has 0 saturated carbocycles. The zero-order valence-electron chi connectivity index (χ0n) is 10.5. The van der Waals surface area contributed by atoms with Crippen molar-refractivity contribution in [3.8, 4) is 18.4 Å². The molecule has 1 atom stereocenters. The third-order valence-corrected chi connectivity index (χ3v) is 3.29. The molecule has 0 radical (unpaired) electrons. The van der Waals surface area contributed by atoms with Gasteiger partial charge >= 0.3 is 5.97 Å². The van der Waals surface area contributed by atoms with Gasteiger partial charge in [0.1, 0.15) is 6.04 Å². The summed E-state index contributed by atoms with van der Waals surface area (Å²) >= 11 is 1.21. The lowest BCUT2D eigenvalue weighted by Crippen LogP contribution is -2.40. The largest absolute Gasteiger partial charge is 0.480 e. The quantitative estimate of drug-likeness (QED) is 0.611. The summed E-state index contributed by atoms with van der Waals surface area (Å²) in [6.45, 7) is 0. The summed E-state index contributed by atoms with van der Waals surface area (Å²) in [6.07, 6.45) is 4.98. The molecule has 102 valence electrons. The minimum absolute atomic E-state index is 0.0887. The molecule has 1 aromatic rings. The lowest BCUT2D eigenvalue weighted by molar-refractivity contribution is -0.139. The van der Waals surface area contributed by atoms with Gasteiger partial charge in [0, 0.05) is 11.3 Å². The standard InChI is InChI=1S/C14H12N2O3S/c1-2-5-11(14(18)19)16-13(17)10-6-3-4-7-12(10)20-9-8-15/h1,3-4,6-7,11H,5,9H2,(H,16,17)(H,18,19). The molecule has 1 amide bonds. The predicted molar refractivity (Wildman–Crippen MR) is 75.1 cm³/mol. The number of benzene rings is 1. The maximum atomic E-state index is 12.1. The fraction of sp³-hybridized carbons (Fsp3) is 0.214. The van der Waals surface area contributed by atoms with Crippen LogP contribution in [0, 0.1) is 23.7 Å². The van der Waals surface area contributed by atoms with Gasteiger partial charge in [-0.3, -0.25) is 4.79 Å².